The molecule has 1 aromatic heterocycles. The summed E-state index contributed by atoms with van der Waals surface area (Å²) in [5, 5.41) is 7.59. The van der Waals surface area contributed by atoms with Crippen LogP contribution in [0.2, 0.25) is 0 Å². The van der Waals surface area contributed by atoms with Crippen LogP contribution in [0.3, 0.4) is 0 Å². The van der Waals surface area contributed by atoms with Gasteiger partial charge in [0.25, 0.3) is 0 Å². The van der Waals surface area contributed by atoms with Crippen molar-refractivity contribution in [2.24, 2.45) is 0 Å². The van der Waals surface area contributed by atoms with E-state index < -0.39 is 0 Å². The van der Waals surface area contributed by atoms with Gasteiger partial charge in [-0.25, -0.2) is 0 Å². The number of nitrogens with one attached hydrogen (secondary N) is 1. The summed E-state index contributed by atoms with van der Waals surface area (Å²) in [6, 6.07) is 6.00. The molecule has 0 fully saturated rings. The van der Waals surface area contributed by atoms with Crippen LogP contribution in [-0.2, 0) is 19.5 Å². The van der Waals surface area contributed by atoms with Crippen LogP contribution in [0.25, 0.3) is 0 Å². The van der Waals surface area contributed by atoms with E-state index in [4.69, 9.17) is 0 Å². The van der Waals surface area contributed by atoms with E-state index in [9.17, 15) is 4.79 Å². The molecule has 0 saturated carbocycles. The van der Waals surface area contributed by atoms with Crippen LogP contribution in [0.5, 0.6) is 0 Å². The molecule has 3 rings (SSSR count). The Morgan fingerprint density at radius 3 is 3.20 bits per heavy atom. The van der Waals surface area contributed by atoms with Gasteiger partial charge >= 0.3 is 0 Å². The van der Waals surface area contributed by atoms with Gasteiger partial charge in [-0.05, 0) is 30.5 Å². The van der Waals surface area contributed by atoms with Crippen molar-refractivity contribution < 1.29 is 4.79 Å². The zero-order chi connectivity index (χ0) is 13.9. The van der Waals surface area contributed by atoms with Crippen LogP contribution >= 0.6 is 0 Å². The molecule has 1 aliphatic heterocycles. The second-order valence-corrected chi connectivity index (χ2v) is 5.19. The lowest BCUT2D eigenvalue weighted by Crippen LogP contribution is -2.25. The third-order valence-electron chi connectivity index (χ3n) is 3.73. The summed E-state index contributed by atoms with van der Waals surface area (Å²) in [6.07, 6.45) is 5.47. The molecular weight excluding hydrogens is 250 g/mol. The van der Waals surface area contributed by atoms with Gasteiger partial charge in [-0.1, -0.05) is 25.1 Å². The lowest BCUT2D eigenvalue weighted by atomic mass is 9.92. The number of nitrogens with zero attached hydrogens (tertiary/aromatic N) is 2. The van der Waals surface area contributed by atoms with E-state index in [0.29, 0.717) is 5.56 Å². The van der Waals surface area contributed by atoms with Crippen LogP contribution in [-0.4, -0.2) is 22.1 Å². The third-order valence-corrected chi connectivity index (χ3v) is 3.73. The van der Waals surface area contributed by atoms with Crippen molar-refractivity contribution in [3.05, 3.63) is 52.8 Å². The number of carbonyl (C=O) groups excluding carboxylic acids is 1. The molecule has 2 heterocycles. The second-order valence-electron chi connectivity index (χ2n) is 5.19. The van der Waals surface area contributed by atoms with Crippen molar-refractivity contribution in [2.45, 2.75) is 32.9 Å². The molecule has 104 valence electrons. The number of carbonyl (C=O) groups is 1. The van der Waals surface area contributed by atoms with Gasteiger partial charge in [0, 0.05) is 24.8 Å². The Labute approximate surface area is 118 Å². The van der Waals surface area contributed by atoms with E-state index in [1.807, 2.05) is 23.0 Å². The van der Waals surface area contributed by atoms with Crippen molar-refractivity contribution in [2.75, 3.05) is 6.54 Å². The largest absolute Gasteiger partial charge is 0.312 e. The lowest BCUT2D eigenvalue weighted by molar-refractivity contribution is 0.103. The quantitative estimate of drug-likeness (QED) is 0.865. The molecule has 0 bridgehead atoms. The maximum absolute atomic E-state index is 12.7. The average molecular weight is 269 g/mol. The first-order valence-electron chi connectivity index (χ1n) is 7.18. The third kappa shape index (κ3) is 2.39. The highest BCUT2D eigenvalue weighted by molar-refractivity contribution is 6.09. The number of benzene rings is 1. The SMILES string of the molecule is CCCn1cc(C(=O)c2cccc3c2CCNC3)cn1. The first-order chi connectivity index (χ1) is 9.79. The average Bonchev–Trinajstić information content (AvgIpc) is 2.95. The van der Waals surface area contributed by atoms with Crippen molar-refractivity contribution in [1.29, 1.82) is 0 Å². The van der Waals surface area contributed by atoms with E-state index in [0.717, 1.165) is 38.0 Å². The summed E-state index contributed by atoms with van der Waals surface area (Å²) in [5.41, 5.74) is 3.95. The Kier molecular flexibility index (Phi) is 3.65. The minimum absolute atomic E-state index is 0.0890. The highest BCUT2D eigenvalue weighted by Gasteiger charge is 2.19. The Morgan fingerprint density at radius 1 is 1.45 bits per heavy atom. The Morgan fingerprint density at radius 2 is 2.35 bits per heavy atom. The zero-order valence-electron chi connectivity index (χ0n) is 11.7. The molecule has 0 spiro atoms. The molecule has 0 radical (unpaired) electrons. The number of rotatable bonds is 4. The van der Waals surface area contributed by atoms with Crippen LogP contribution < -0.4 is 5.32 Å². The molecule has 4 nitrogen and oxygen atoms in total. The summed E-state index contributed by atoms with van der Waals surface area (Å²) in [7, 11) is 0. The van der Waals surface area contributed by atoms with Crippen LogP contribution in [0.1, 0.15) is 40.4 Å². The van der Waals surface area contributed by atoms with Crippen molar-refractivity contribution in [3.8, 4) is 0 Å². The molecule has 0 aliphatic carbocycles. The normalized spacial score (nSPS) is 14.1. The fourth-order valence-corrected chi connectivity index (χ4v) is 2.73. The van der Waals surface area contributed by atoms with E-state index in [2.05, 4.69) is 23.4 Å². The molecule has 20 heavy (non-hydrogen) atoms. The molecule has 0 amide bonds. The number of ketones is 1. The van der Waals surface area contributed by atoms with Crippen molar-refractivity contribution >= 4 is 5.78 Å². The van der Waals surface area contributed by atoms with Gasteiger partial charge in [0.05, 0.1) is 11.8 Å². The number of hydrogen-bond donors (Lipinski definition) is 1. The van der Waals surface area contributed by atoms with Gasteiger partial charge in [-0.2, -0.15) is 5.10 Å². The van der Waals surface area contributed by atoms with Crippen LogP contribution in [0, 0.1) is 0 Å². The van der Waals surface area contributed by atoms with Gasteiger partial charge < -0.3 is 5.32 Å². The topological polar surface area (TPSA) is 46.9 Å². The fraction of sp³-hybridized carbons (Fsp3) is 0.375. The van der Waals surface area contributed by atoms with Gasteiger partial charge in [0.1, 0.15) is 0 Å². The molecule has 1 aliphatic rings. The number of aromatic nitrogens is 2. The van der Waals surface area contributed by atoms with Crippen molar-refractivity contribution in [1.82, 2.24) is 15.1 Å². The number of hydrogen-bond acceptors (Lipinski definition) is 3. The standard InChI is InChI=1S/C16H19N3O/c1-2-8-19-11-13(10-18-19)16(20)15-5-3-4-12-9-17-7-6-14(12)15/h3-5,10-11,17H,2,6-9H2,1H3. The predicted octanol–water partition coefficient (Wildman–Crippen LogP) is 2.17. The molecule has 0 unspecified atom stereocenters. The van der Waals surface area contributed by atoms with Crippen molar-refractivity contribution in [3.63, 3.8) is 0 Å². The van der Waals surface area contributed by atoms with Gasteiger partial charge in [-0.3, -0.25) is 9.48 Å². The second kappa shape index (κ2) is 5.59. The smallest absolute Gasteiger partial charge is 0.196 e. The maximum Gasteiger partial charge on any atom is 0.196 e. The van der Waals surface area contributed by atoms with Gasteiger partial charge in [-0.15, -0.1) is 0 Å². The molecule has 4 heteroatoms. The summed E-state index contributed by atoms with van der Waals surface area (Å²) in [5.74, 6) is 0.0890. The van der Waals surface area contributed by atoms with Crippen LogP contribution in [0.4, 0.5) is 0 Å². The highest BCUT2D eigenvalue weighted by Crippen LogP contribution is 2.21. The fourth-order valence-electron chi connectivity index (χ4n) is 2.73. The van der Waals surface area contributed by atoms with Gasteiger partial charge in [0.15, 0.2) is 5.78 Å². The Bertz CT molecular complexity index is 630. The Balaban J connectivity index is 1.93. The monoisotopic (exact) mass is 269 g/mol. The molecule has 0 atom stereocenters. The minimum Gasteiger partial charge on any atom is -0.312 e. The van der Waals surface area contributed by atoms with E-state index in [1.54, 1.807) is 6.20 Å². The first kappa shape index (κ1) is 13.1. The van der Waals surface area contributed by atoms with Crippen LogP contribution in [0.15, 0.2) is 30.6 Å². The van der Waals surface area contributed by atoms with E-state index >= 15 is 0 Å². The number of fused-ring (bicyclic) bond motifs is 1. The zero-order valence-corrected chi connectivity index (χ0v) is 11.7. The summed E-state index contributed by atoms with van der Waals surface area (Å²) in [6.45, 7) is 4.74. The van der Waals surface area contributed by atoms with E-state index in [1.165, 1.54) is 11.1 Å². The molecule has 2 aromatic rings. The minimum atomic E-state index is 0.0890. The molecule has 1 aromatic carbocycles. The summed E-state index contributed by atoms with van der Waals surface area (Å²) >= 11 is 0. The van der Waals surface area contributed by atoms with Gasteiger partial charge in [0.2, 0.25) is 0 Å². The molecule has 1 N–H and O–H groups in total. The molecular formula is C16H19N3O. The predicted molar refractivity (Wildman–Crippen MR) is 77.8 cm³/mol. The Hall–Kier alpha value is -1.94. The summed E-state index contributed by atoms with van der Waals surface area (Å²) in [4.78, 5) is 12.7. The lowest BCUT2D eigenvalue weighted by Gasteiger charge is -2.19. The number of aryl methyl sites for hydroxylation is 1. The molecule has 0 saturated heterocycles. The summed E-state index contributed by atoms with van der Waals surface area (Å²) < 4.78 is 1.84. The van der Waals surface area contributed by atoms with E-state index in [-0.39, 0.29) is 5.78 Å². The highest BCUT2D eigenvalue weighted by atomic mass is 16.1. The maximum atomic E-state index is 12.7. The first-order valence-corrected chi connectivity index (χ1v) is 7.18.